The van der Waals surface area contributed by atoms with Crippen LogP contribution in [0.4, 0.5) is 0 Å². The normalized spacial score (nSPS) is 14.4. The minimum absolute atomic E-state index is 0.0764. The highest BCUT2D eigenvalue weighted by Gasteiger charge is 2.21. The van der Waals surface area contributed by atoms with Crippen LogP contribution in [0.2, 0.25) is 0 Å². The standard InChI is InChI=1S/C7H14O3/c1-7(2,3)6(9)4-10-5-8/h5-6,9H,4H2,1-3H3. The average molecular weight is 146 g/mol. The third kappa shape index (κ3) is 3.45. The van der Waals surface area contributed by atoms with Crippen LogP contribution in [0.15, 0.2) is 0 Å². The van der Waals surface area contributed by atoms with Crippen molar-refractivity contribution in [2.75, 3.05) is 6.61 Å². The summed E-state index contributed by atoms with van der Waals surface area (Å²) in [7, 11) is 0. The predicted octanol–water partition coefficient (Wildman–Crippen LogP) is 0.566. The fraction of sp³-hybridized carbons (Fsp3) is 0.857. The number of rotatable bonds is 3. The summed E-state index contributed by atoms with van der Waals surface area (Å²) in [4.78, 5) is 9.70. The maximum atomic E-state index is 9.70. The molecular weight excluding hydrogens is 132 g/mol. The SMILES string of the molecule is CC(C)(C)C(O)COC=O. The van der Waals surface area contributed by atoms with Crippen molar-refractivity contribution in [3.8, 4) is 0 Å². The third-order valence-electron chi connectivity index (χ3n) is 1.32. The van der Waals surface area contributed by atoms with Crippen molar-refractivity contribution in [3.63, 3.8) is 0 Å². The molecule has 0 saturated heterocycles. The fourth-order valence-electron chi connectivity index (χ4n) is 0.380. The summed E-state index contributed by atoms with van der Waals surface area (Å²) < 4.78 is 4.39. The van der Waals surface area contributed by atoms with Crippen LogP contribution in [0.5, 0.6) is 0 Å². The number of aliphatic hydroxyl groups excluding tert-OH is 1. The van der Waals surface area contributed by atoms with Gasteiger partial charge in [0.25, 0.3) is 6.47 Å². The van der Waals surface area contributed by atoms with E-state index in [1.807, 2.05) is 20.8 Å². The number of carbonyl (C=O) groups excluding carboxylic acids is 1. The Balaban J connectivity index is 3.61. The Kier molecular flexibility index (Phi) is 3.36. The van der Waals surface area contributed by atoms with E-state index in [9.17, 15) is 9.90 Å². The van der Waals surface area contributed by atoms with Crippen LogP contribution in [0.3, 0.4) is 0 Å². The second kappa shape index (κ2) is 3.56. The molecule has 0 aliphatic heterocycles. The van der Waals surface area contributed by atoms with E-state index in [1.165, 1.54) is 0 Å². The van der Waals surface area contributed by atoms with Crippen LogP contribution in [-0.4, -0.2) is 24.3 Å². The topological polar surface area (TPSA) is 46.5 Å². The summed E-state index contributed by atoms with van der Waals surface area (Å²) in [6.45, 7) is 6.06. The molecule has 0 aromatic heterocycles. The van der Waals surface area contributed by atoms with Gasteiger partial charge in [-0.25, -0.2) is 0 Å². The zero-order valence-electron chi connectivity index (χ0n) is 6.63. The molecule has 0 rings (SSSR count). The zero-order chi connectivity index (χ0) is 8.20. The van der Waals surface area contributed by atoms with Gasteiger partial charge in [0.2, 0.25) is 0 Å². The Bertz CT molecular complexity index is 104. The van der Waals surface area contributed by atoms with Gasteiger partial charge in [-0.15, -0.1) is 0 Å². The number of hydrogen-bond acceptors (Lipinski definition) is 3. The molecular formula is C7H14O3. The molecule has 0 bridgehead atoms. The van der Waals surface area contributed by atoms with Crippen molar-refractivity contribution in [1.82, 2.24) is 0 Å². The lowest BCUT2D eigenvalue weighted by atomic mass is 9.90. The molecule has 0 aliphatic rings. The van der Waals surface area contributed by atoms with E-state index in [0.717, 1.165) is 0 Å². The molecule has 0 spiro atoms. The number of hydrogen-bond donors (Lipinski definition) is 1. The second-order valence-corrected chi connectivity index (χ2v) is 3.31. The van der Waals surface area contributed by atoms with Crippen LogP contribution >= 0.6 is 0 Å². The minimum Gasteiger partial charge on any atom is -0.465 e. The van der Waals surface area contributed by atoms with Gasteiger partial charge in [0.05, 0.1) is 6.10 Å². The lowest BCUT2D eigenvalue weighted by molar-refractivity contribution is -0.133. The van der Waals surface area contributed by atoms with Crippen molar-refractivity contribution < 1.29 is 14.6 Å². The maximum Gasteiger partial charge on any atom is 0.293 e. The summed E-state index contributed by atoms with van der Waals surface area (Å²) in [6, 6.07) is 0. The van der Waals surface area contributed by atoms with E-state index in [0.29, 0.717) is 6.47 Å². The van der Waals surface area contributed by atoms with Crippen molar-refractivity contribution in [2.24, 2.45) is 5.41 Å². The quantitative estimate of drug-likeness (QED) is 0.592. The summed E-state index contributed by atoms with van der Waals surface area (Å²) in [6.07, 6.45) is -0.585. The van der Waals surface area contributed by atoms with Crippen LogP contribution in [0.25, 0.3) is 0 Å². The first-order chi connectivity index (χ1) is 4.48. The lowest BCUT2D eigenvalue weighted by Gasteiger charge is -2.24. The smallest absolute Gasteiger partial charge is 0.293 e. The lowest BCUT2D eigenvalue weighted by Crippen LogP contribution is -2.30. The van der Waals surface area contributed by atoms with Crippen LogP contribution in [-0.2, 0) is 9.53 Å². The maximum absolute atomic E-state index is 9.70. The molecule has 0 aliphatic carbocycles. The number of aliphatic hydroxyl groups is 1. The summed E-state index contributed by atoms with van der Waals surface area (Å²) in [5, 5.41) is 9.23. The highest BCUT2D eigenvalue weighted by atomic mass is 16.5. The largest absolute Gasteiger partial charge is 0.465 e. The van der Waals surface area contributed by atoms with Gasteiger partial charge < -0.3 is 9.84 Å². The van der Waals surface area contributed by atoms with Gasteiger partial charge in [0, 0.05) is 0 Å². The van der Waals surface area contributed by atoms with E-state index in [4.69, 9.17) is 0 Å². The molecule has 1 unspecified atom stereocenters. The Labute approximate surface area is 61.0 Å². The predicted molar refractivity (Wildman–Crippen MR) is 37.5 cm³/mol. The highest BCUT2D eigenvalue weighted by molar-refractivity contribution is 5.36. The van der Waals surface area contributed by atoms with Gasteiger partial charge in [-0.3, -0.25) is 4.79 Å². The Morgan fingerprint density at radius 1 is 1.60 bits per heavy atom. The van der Waals surface area contributed by atoms with E-state index in [1.54, 1.807) is 0 Å². The van der Waals surface area contributed by atoms with E-state index < -0.39 is 6.10 Å². The fourth-order valence-corrected chi connectivity index (χ4v) is 0.380. The van der Waals surface area contributed by atoms with Gasteiger partial charge >= 0.3 is 0 Å². The Morgan fingerprint density at radius 3 is 2.40 bits per heavy atom. The zero-order valence-corrected chi connectivity index (χ0v) is 6.63. The first kappa shape index (κ1) is 9.43. The van der Waals surface area contributed by atoms with Crippen molar-refractivity contribution in [2.45, 2.75) is 26.9 Å². The first-order valence-electron chi connectivity index (χ1n) is 3.22. The molecule has 0 radical (unpaired) electrons. The molecule has 0 amide bonds. The van der Waals surface area contributed by atoms with Crippen LogP contribution in [0, 0.1) is 5.41 Å². The Hall–Kier alpha value is -0.570. The summed E-state index contributed by atoms with van der Waals surface area (Å²) in [5.41, 5.74) is -0.219. The number of carbonyl (C=O) groups is 1. The molecule has 0 saturated carbocycles. The summed E-state index contributed by atoms with van der Waals surface area (Å²) >= 11 is 0. The van der Waals surface area contributed by atoms with Gasteiger partial charge in [0.15, 0.2) is 0 Å². The molecule has 60 valence electrons. The van der Waals surface area contributed by atoms with E-state index in [2.05, 4.69) is 4.74 Å². The monoisotopic (exact) mass is 146 g/mol. The highest BCUT2D eigenvalue weighted by Crippen LogP contribution is 2.18. The molecule has 1 N–H and O–H groups in total. The summed E-state index contributed by atoms with van der Waals surface area (Å²) in [5.74, 6) is 0. The average Bonchev–Trinajstić information content (AvgIpc) is 1.80. The van der Waals surface area contributed by atoms with Crippen molar-refractivity contribution in [3.05, 3.63) is 0 Å². The molecule has 0 aromatic carbocycles. The minimum atomic E-state index is -0.585. The Morgan fingerprint density at radius 2 is 2.10 bits per heavy atom. The van der Waals surface area contributed by atoms with Gasteiger partial charge in [-0.05, 0) is 5.41 Å². The van der Waals surface area contributed by atoms with Gasteiger partial charge in [0.1, 0.15) is 6.61 Å². The molecule has 3 nitrogen and oxygen atoms in total. The van der Waals surface area contributed by atoms with Crippen LogP contribution < -0.4 is 0 Å². The molecule has 0 fully saturated rings. The third-order valence-corrected chi connectivity index (χ3v) is 1.32. The van der Waals surface area contributed by atoms with Crippen LogP contribution in [0.1, 0.15) is 20.8 Å². The molecule has 1 atom stereocenters. The van der Waals surface area contributed by atoms with E-state index >= 15 is 0 Å². The molecule has 0 heterocycles. The molecule has 10 heavy (non-hydrogen) atoms. The molecule has 3 heteroatoms. The van der Waals surface area contributed by atoms with E-state index in [-0.39, 0.29) is 12.0 Å². The second-order valence-electron chi connectivity index (χ2n) is 3.31. The van der Waals surface area contributed by atoms with Crippen molar-refractivity contribution in [1.29, 1.82) is 0 Å². The number of ether oxygens (including phenoxy) is 1. The molecule has 0 aromatic rings. The van der Waals surface area contributed by atoms with Gasteiger partial charge in [-0.1, -0.05) is 20.8 Å². The first-order valence-corrected chi connectivity index (χ1v) is 3.22. The van der Waals surface area contributed by atoms with Crippen molar-refractivity contribution >= 4 is 6.47 Å². The van der Waals surface area contributed by atoms with Gasteiger partial charge in [-0.2, -0.15) is 0 Å².